The number of urea groups is 1. The number of imide groups is 1. The minimum atomic E-state index is -3.27. The van der Waals surface area contributed by atoms with Crippen LogP contribution in [0.15, 0.2) is 47.4 Å². The van der Waals surface area contributed by atoms with Crippen molar-refractivity contribution < 1.29 is 22.7 Å². The van der Waals surface area contributed by atoms with Crippen LogP contribution in [0.1, 0.15) is 18.9 Å². The predicted molar refractivity (Wildman–Crippen MR) is 114 cm³/mol. The van der Waals surface area contributed by atoms with Crippen LogP contribution in [0.4, 0.5) is 4.79 Å². The van der Waals surface area contributed by atoms with E-state index in [1.807, 2.05) is 0 Å². The Morgan fingerprint density at radius 2 is 1.77 bits per heavy atom. The molecule has 2 aromatic rings. The SMILES string of the molecule is CC1(c2ccc(Cl)cc2Cl)NC(=O)N(CCCOc2ccc(S(C)(=O)=O)cc2)C1=O. The van der Waals surface area contributed by atoms with E-state index in [0.29, 0.717) is 27.8 Å². The summed E-state index contributed by atoms with van der Waals surface area (Å²) in [6.07, 6.45) is 1.53. The van der Waals surface area contributed by atoms with Crippen LogP contribution in [-0.2, 0) is 20.2 Å². The molecule has 1 unspecified atom stereocenters. The number of sulfone groups is 1. The number of nitrogens with zero attached hydrogens (tertiary/aromatic N) is 1. The summed E-state index contributed by atoms with van der Waals surface area (Å²) in [7, 11) is -3.27. The number of hydrogen-bond donors (Lipinski definition) is 1. The van der Waals surface area contributed by atoms with Gasteiger partial charge in [0.25, 0.3) is 5.91 Å². The van der Waals surface area contributed by atoms with E-state index >= 15 is 0 Å². The average Bonchev–Trinajstić information content (AvgIpc) is 2.88. The van der Waals surface area contributed by atoms with Crippen LogP contribution < -0.4 is 10.1 Å². The van der Waals surface area contributed by atoms with Crippen molar-refractivity contribution in [3.63, 3.8) is 0 Å². The first-order chi connectivity index (χ1) is 14.0. The lowest BCUT2D eigenvalue weighted by atomic mass is 9.92. The van der Waals surface area contributed by atoms with Crippen molar-refractivity contribution in [2.24, 2.45) is 0 Å². The lowest BCUT2D eigenvalue weighted by Crippen LogP contribution is -2.41. The van der Waals surface area contributed by atoms with Gasteiger partial charge in [-0.1, -0.05) is 29.3 Å². The zero-order valence-electron chi connectivity index (χ0n) is 16.3. The van der Waals surface area contributed by atoms with Gasteiger partial charge in [-0.25, -0.2) is 13.2 Å². The van der Waals surface area contributed by atoms with E-state index in [2.05, 4.69) is 5.32 Å². The molecule has 1 aliphatic heterocycles. The quantitative estimate of drug-likeness (QED) is 0.492. The maximum absolute atomic E-state index is 12.9. The van der Waals surface area contributed by atoms with Gasteiger partial charge in [-0.3, -0.25) is 9.69 Å². The summed E-state index contributed by atoms with van der Waals surface area (Å²) in [4.78, 5) is 26.6. The number of benzene rings is 2. The number of carbonyl (C=O) groups excluding carboxylic acids is 2. The van der Waals surface area contributed by atoms with Gasteiger partial charge in [-0.2, -0.15) is 0 Å². The molecule has 30 heavy (non-hydrogen) atoms. The van der Waals surface area contributed by atoms with E-state index in [9.17, 15) is 18.0 Å². The fourth-order valence-corrected chi connectivity index (χ4v) is 4.40. The van der Waals surface area contributed by atoms with Crippen molar-refractivity contribution in [2.45, 2.75) is 23.8 Å². The minimum absolute atomic E-state index is 0.160. The number of carbonyl (C=O) groups is 2. The fraction of sp³-hybridized carbons (Fsp3) is 0.300. The standard InChI is InChI=1S/C20H20Cl2N2O5S/c1-20(16-9-4-13(21)12-17(16)22)18(25)24(19(26)23-20)10-3-11-29-14-5-7-15(8-6-14)30(2,27)28/h4-9,12H,3,10-11H2,1-2H3,(H,23,26). The summed E-state index contributed by atoms with van der Waals surface area (Å²) in [6.45, 7) is 2.00. The van der Waals surface area contributed by atoms with E-state index < -0.39 is 27.3 Å². The largest absolute Gasteiger partial charge is 0.494 e. The van der Waals surface area contributed by atoms with Gasteiger partial charge >= 0.3 is 6.03 Å². The topological polar surface area (TPSA) is 92.8 Å². The van der Waals surface area contributed by atoms with Crippen LogP contribution in [0.3, 0.4) is 0 Å². The van der Waals surface area contributed by atoms with Gasteiger partial charge in [-0.15, -0.1) is 0 Å². The summed E-state index contributed by atoms with van der Waals surface area (Å²) in [5.74, 6) is 0.0895. The highest BCUT2D eigenvalue weighted by atomic mass is 35.5. The second kappa shape index (κ2) is 8.45. The summed E-state index contributed by atoms with van der Waals surface area (Å²) in [5.41, 5.74) is -0.808. The monoisotopic (exact) mass is 470 g/mol. The number of hydrogen-bond acceptors (Lipinski definition) is 5. The molecule has 0 aromatic heterocycles. The highest BCUT2D eigenvalue weighted by Crippen LogP contribution is 2.35. The Balaban J connectivity index is 1.60. The van der Waals surface area contributed by atoms with Crippen LogP contribution in [0.2, 0.25) is 10.0 Å². The normalized spacial score (nSPS) is 19.1. The molecule has 1 saturated heterocycles. The van der Waals surface area contributed by atoms with E-state index in [1.165, 1.54) is 18.2 Å². The second-order valence-corrected chi connectivity index (χ2v) is 9.94. The first-order valence-corrected chi connectivity index (χ1v) is 11.7. The molecule has 0 spiro atoms. The Labute approximate surface area is 184 Å². The predicted octanol–water partition coefficient (Wildman–Crippen LogP) is 3.63. The van der Waals surface area contributed by atoms with Crippen LogP contribution in [0, 0.1) is 0 Å². The van der Waals surface area contributed by atoms with Gasteiger partial charge < -0.3 is 10.1 Å². The lowest BCUT2D eigenvalue weighted by molar-refractivity contribution is -0.131. The molecule has 3 rings (SSSR count). The number of halogens is 2. The molecule has 3 amide bonds. The zero-order valence-corrected chi connectivity index (χ0v) is 18.6. The third-order valence-electron chi connectivity index (χ3n) is 4.79. The van der Waals surface area contributed by atoms with Crippen molar-refractivity contribution in [3.05, 3.63) is 58.1 Å². The molecule has 0 saturated carbocycles. The lowest BCUT2D eigenvalue weighted by Gasteiger charge is -2.23. The smallest absolute Gasteiger partial charge is 0.325 e. The third kappa shape index (κ3) is 4.55. The molecule has 1 heterocycles. The highest BCUT2D eigenvalue weighted by Gasteiger charge is 2.49. The second-order valence-electron chi connectivity index (χ2n) is 7.08. The van der Waals surface area contributed by atoms with E-state index in [0.717, 1.165) is 11.2 Å². The average molecular weight is 471 g/mol. The van der Waals surface area contributed by atoms with Gasteiger partial charge in [-0.05, 0) is 49.7 Å². The van der Waals surface area contributed by atoms with Crippen molar-refractivity contribution in [1.29, 1.82) is 0 Å². The molecule has 160 valence electrons. The van der Waals surface area contributed by atoms with Gasteiger partial charge in [0.1, 0.15) is 11.3 Å². The number of amides is 3. The number of rotatable bonds is 7. The molecule has 0 bridgehead atoms. The van der Waals surface area contributed by atoms with Crippen molar-refractivity contribution in [1.82, 2.24) is 10.2 Å². The van der Waals surface area contributed by atoms with Crippen molar-refractivity contribution >= 4 is 45.0 Å². The van der Waals surface area contributed by atoms with Gasteiger partial charge in [0.15, 0.2) is 9.84 Å². The molecule has 1 aliphatic rings. The van der Waals surface area contributed by atoms with Crippen molar-refractivity contribution in [2.75, 3.05) is 19.4 Å². The molecular formula is C20H20Cl2N2O5S. The number of nitrogens with one attached hydrogen (secondary N) is 1. The van der Waals surface area contributed by atoms with Gasteiger partial charge in [0.2, 0.25) is 0 Å². The van der Waals surface area contributed by atoms with Crippen LogP contribution >= 0.6 is 23.2 Å². The molecule has 1 atom stereocenters. The van der Waals surface area contributed by atoms with Gasteiger partial charge in [0.05, 0.1) is 11.5 Å². The Morgan fingerprint density at radius 1 is 1.10 bits per heavy atom. The molecule has 10 heteroatoms. The Morgan fingerprint density at radius 3 is 2.37 bits per heavy atom. The van der Waals surface area contributed by atoms with Crippen LogP contribution in [-0.4, -0.2) is 44.7 Å². The molecule has 0 aliphatic carbocycles. The minimum Gasteiger partial charge on any atom is -0.494 e. The summed E-state index contributed by atoms with van der Waals surface area (Å²) < 4.78 is 28.5. The highest BCUT2D eigenvalue weighted by molar-refractivity contribution is 7.90. The molecular weight excluding hydrogens is 451 g/mol. The Kier molecular flexibility index (Phi) is 6.31. The first kappa shape index (κ1) is 22.4. The molecule has 1 N–H and O–H groups in total. The Bertz CT molecular complexity index is 1090. The fourth-order valence-electron chi connectivity index (χ4n) is 3.17. The first-order valence-electron chi connectivity index (χ1n) is 9.05. The van der Waals surface area contributed by atoms with Crippen LogP contribution in [0.25, 0.3) is 0 Å². The summed E-state index contributed by atoms with van der Waals surface area (Å²) >= 11 is 12.1. The molecule has 2 aromatic carbocycles. The maximum Gasteiger partial charge on any atom is 0.325 e. The number of ether oxygens (including phenoxy) is 1. The van der Waals surface area contributed by atoms with Gasteiger partial charge in [0, 0.05) is 28.4 Å². The zero-order chi connectivity index (χ0) is 22.1. The van der Waals surface area contributed by atoms with Crippen molar-refractivity contribution in [3.8, 4) is 5.75 Å². The summed E-state index contributed by atoms with van der Waals surface area (Å²) in [5, 5.41) is 3.42. The van der Waals surface area contributed by atoms with E-state index in [4.69, 9.17) is 27.9 Å². The van der Waals surface area contributed by atoms with E-state index in [1.54, 1.807) is 31.2 Å². The molecule has 1 fully saturated rings. The molecule has 7 nitrogen and oxygen atoms in total. The summed E-state index contributed by atoms with van der Waals surface area (Å²) in [6, 6.07) is 10.3. The Hall–Kier alpha value is -2.29. The third-order valence-corrected chi connectivity index (χ3v) is 6.47. The maximum atomic E-state index is 12.9. The molecule has 0 radical (unpaired) electrons. The van der Waals surface area contributed by atoms with E-state index in [-0.39, 0.29) is 18.0 Å². The van der Waals surface area contributed by atoms with Crippen LogP contribution in [0.5, 0.6) is 5.75 Å².